The van der Waals surface area contributed by atoms with Crippen molar-refractivity contribution in [3.05, 3.63) is 17.7 Å². The van der Waals surface area contributed by atoms with E-state index in [2.05, 4.69) is 22.2 Å². The van der Waals surface area contributed by atoms with E-state index in [0.29, 0.717) is 24.6 Å². The molecule has 7 nitrogen and oxygen atoms in total. The molecule has 0 atom stereocenters. The van der Waals surface area contributed by atoms with E-state index in [1.165, 1.54) is 0 Å². The van der Waals surface area contributed by atoms with Gasteiger partial charge in [0, 0.05) is 6.54 Å². The van der Waals surface area contributed by atoms with Gasteiger partial charge in [-0.2, -0.15) is 0 Å². The van der Waals surface area contributed by atoms with Crippen LogP contribution < -0.4 is 10.2 Å². The highest BCUT2D eigenvalue weighted by molar-refractivity contribution is 6.09. The van der Waals surface area contributed by atoms with Gasteiger partial charge in [0.2, 0.25) is 11.9 Å². The summed E-state index contributed by atoms with van der Waals surface area (Å²) < 4.78 is 4.88. The molecule has 2 N–H and O–H groups in total. The maximum absolute atomic E-state index is 12.9. The Hall–Kier alpha value is -2.57. The number of hydrogen-bond donors (Lipinski definition) is 2. The first-order valence-electron chi connectivity index (χ1n) is 9.18. The van der Waals surface area contributed by atoms with Crippen LogP contribution in [-0.2, 0) is 14.9 Å². The zero-order valence-corrected chi connectivity index (χ0v) is 15.8. The van der Waals surface area contributed by atoms with Gasteiger partial charge in [0.15, 0.2) is 0 Å². The largest absolute Gasteiger partial charge is 0.450 e. The average molecular weight is 358 g/mol. The van der Waals surface area contributed by atoms with Crippen LogP contribution >= 0.6 is 0 Å². The molecule has 1 aromatic heterocycles. The van der Waals surface area contributed by atoms with Crippen LogP contribution in [0.25, 0.3) is 11.0 Å². The molecule has 7 heteroatoms. The van der Waals surface area contributed by atoms with Gasteiger partial charge in [-0.25, -0.2) is 9.78 Å². The number of ether oxygens (including phenoxy) is 1. The Kier molecular flexibility index (Phi) is 4.89. The smallest absolute Gasteiger partial charge is 0.413 e. The van der Waals surface area contributed by atoms with Crippen molar-refractivity contribution in [1.29, 1.82) is 0 Å². The summed E-state index contributed by atoms with van der Waals surface area (Å²) in [4.78, 5) is 33.8. The van der Waals surface area contributed by atoms with Crippen LogP contribution in [0, 0.1) is 0 Å². The average Bonchev–Trinajstić information content (AvgIpc) is 3.05. The van der Waals surface area contributed by atoms with E-state index < -0.39 is 11.5 Å². The molecule has 26 heavy (non-hydrogen) atoms. The molecular weight excluding hydrogens is 332 g/mol. The van der Waals surface area contributed by atoms with Crippen molar-refractivity contribution in [2.45, 2.75) is 52.4 Å². The lowest BCUT2D eigenvalue weighted by Crippen LogP contribution is -2.36. The SMILES string of the molecule is CCCCCN1C(=O)C(C)(C)c2cc3[nH]c(NC(=O)OCC)nc3cc21. The molecule has 0 aliphatic carbocycles. The number of unbranched alkanes of at least 4 members (excludes halogenated alkanes) is 2. The molecule has 0 bridgehead atoms. The lowest BCUT2D eigenvalue weighted by molar-refractivity contribution is -0.122. The second-order valence-corrected chi connectivity index (χ2v) is 7.11. The Labute approximate surface area is 153 Å². The molecule has 140 valence electrons. The molecule has 1 aromatic carbocycles. The summed E-state index contributed by atoms with van der Waals surface area (Å²) in [6.07, 6.45) is 2.64. The van der Waals surface area contributed by atoms with Gasteiger partial charge in [-0.3, -0.25) is 10.1 Å². The molecule has 2 amide bonds. The number of amides is 2. The molecule has 0 fully saturated rings. The van der Waals surface area contributed by atoms with Crippen LogP contribution in [0.5, 0.6) is 0 Å². The van der Waals surface area contributed by atoms with Gasteiger partial charge in [0.25, 0.3) is 0 Å². The van der Waals surface area contributed by atoms with E-state index in [1.807, 2.05) is 30.9 Å². The number of benzene rings is 1. The summed E-state index contributed by atoms with van der Waals surface area (Å²) in [5.41, 5.74) is 2.82. The summed E-state index contributed by atoms with van der Waals surface area (Å²) in [6, 6.07) is 3.89. The Morgan fingerprint density at radius 2 is 2.08 bits per heavy atom. The molecule has 0 spiro atoms. The van der Waals surface area contributed by atoms with Crippen molar-refractivity contribution in [3.63, 3.8) is 0 Å². The molecule has 0 saturated carbocycles. The number of anilines is 2. The van der Waals surface area contributed by atoms with E-state index in [0.717, 1.165) is 36.0 Å². The fourth-order valence-electron chi connectivity index (χ4n) is 3.40. The first kappa shape index (κ1) is 18.2. The van der Waals surface area contributed by atoms with Gasteiger partial charge in [-0.15, -0.1) is 0 Å². The number of H-pyrrole nitrogens is 1. The Morgan fingerprint density at radius 3 is 2.77 bits per heavy atom. The van der Waals surface area contributed by atoms with Crippen molar-refractivity contribution >= 4 is 34.7 Å². The van der Waals surface area contributed by atoms with Gasteiger partial charge in [0.05, 0.1) is 28.7 Å². The number of nitrogens with zero attached hydrogens (tertiary/aromatic N) is 2. The minimum atomic E-state index is -0.574. The van der Waals surface area contributed by atoms with Crippen molar-refractivity contribution in [3.8, 4) is 0 Å². The minimum absolute atomic E-state index is 0.126. The number of nitrogens with one attached hydrogen (secondary N) is 2. The molecular formula is C19H26N4O3. The van der Waals surface area contributed by atoms with Gasteiger partial charge >= 0.3 is 6.09 Å². The summed E-state index contributed by atoms with van der Waals surface area (Å²) in [7, 11) is 0. The van der Waals surface area contributed by atoms with Crippen LogP contribution in [0.4, 0.5) is 16.4 Å². The maximum atomic E-state index is 12.9. The van der Waals surface area contributed by atoms with Crippen LogP contribution in [0.2, 0.25) is 0 Å². The summed E-state index contributed by atoms with van der Waals surface area (Å²) in [5, 5.41) is 2.58. The molecule has 0 radical (unpaired) electrons. The summed E-state index contributed by atoms with van der Waals surface area (Å²) >= 11 is 0. The lowest BCUT2D eigenvalue weighted by atomic mass is 9.86. The van der Waals surface area contributed by atoms with Crippen LogP contribution in [0.1, 0.15) is 52.5 Å². The summed E-state index contributed by atoms with van der Waals surface area (Å²) in [6.45, 7) is 8.81. The highest BCUT2D eigenvalue weighted by atomic mass is 16.5. The second kappa shape index (κ2) is 6.97. The first-order chi connectivity index (χ1) is 12.4. The van der Waals surface area contributed by atoms with E-state index in [-0.39, 0.29) is 5.91 Å². The monoisotopic (exact) mass is 358 g/mol. The first-order valence-corrected chi connectivity index (χ1v) is 9.18. The third-order valence-electron chi connectivity index (χ3n) is 4.82. The van der Waals surface area contributed by atoms with Crippen LogP contribution in [-0.4, -0.2) is 35.1 Å². The quantitative estimate of drug-likeness (QED) is 0.766. The highest BCUT2D eigenvalue weighted by Crippen LogP contribution is 2.43. The van der Waals surface area contributed by atoms with Gasteiger partial charge in [0.1, 0.15) is 0 Å². The number of rotatable bonds is 6. The fourth-order valence-corrected chi connectivity index (χ4v) is 3.40. The Bertz CT molecular complexity index is 841. The van der Waals surface area contributed by atoms with Crippen molar-refractivity contribution < 1.29 is 14.3 Å². The Morgan fingerprint density at radius 1 is 1.31 bits per heavy atom. The minimum Gasteiger partial charge on any atom is -0.450 e. The number of imidazole rings is 1. The van der Waals surface area contributed by atoms with E-state index in [4.69, 9.17) is 4.74 Å². The number of fused-ring (bicyclic) bond motifs is 2. The van der Waals surface area contributed by atoms with E-state index in [9.17, 15) is 9.59 Å². The van der Waals surface area contributed by atoms with Crippen LogP contribution in [0.15, 0.2) is 12.1 Å². The topological polar surface area (TPSA) is 87.3 Å². The third-order valence-corrected chi connectivity index (χ3v) is 4.82. The number of hydrogen-bond acceptors (Lipinski definition) is 4. The van der Waals surface area contributed by atoms with Crippen molar-refractivity contribution in [2.75, 3.05) is 23.4 Å². The number of aromatic nitrogens is 2. The summed E-state index contributed by atoms with van der Waals surface area (Å²) in [5.74, 6) is 0.463. The number of aromatic amines is 1. The molecule has 0 unspecified atom stereocenters. The van der Waals surface area contributed by atoms with E-state index in [1.54, 1.807) is 6.92 Å². The third kappa shape index (κ3) is 3.13. The Balaban J connectivity index is 1.95. The maximum Gasteiger partial charge on any atom is 0.413 e. The molecule has 2 heterocycles. The van der Waals surface area contributed by atoms with Crippen molar-refractivity contribution in [2.24, 2.45) is 0 Å². The van der Waals surface area contributed by atoms with Crippen LogP contribution in [0.3, 0.4) is 0 Å². The number of carbonyl (C=O) groups excluding carboxylic acids is 2. The van der Waals surface area contributed by atoms with Crippen molar-refractivity contribution in [1.82, 2.24) is 9.97 Å². The molecule has 1 aliphatic heterocycles. The molecule has 3 rings (SSSR count). The van der Waals surface area contributed by atoms with E-state index >= 15 is 0 Å². The highest BCUT2D eigenvalue weighted by Gasteiger charge is 2.43. The lowest BCUT2D eigenvalue weighted by Gasteiger charge is -2.20. The zero-order chi connectivity index (χ0) is 18.9. The zero-order valence-electron chi connectivity index (χ0n) is 15.8. The van der Waals surface area contributed by atoms with Gasteiger partial charge in [-0.05, 0) is 44.9 Å². The second-order valence-electron chi connectivity index (χ2n) is 7.11. The van der Waals surface area contributed by atoms with Gasteiger partial charge < -0.3 is 14.6 Å². The predicted molar refractivity (Wildman–Crippen MR) is 102 cm³/mol. The molecule has 2 aromatic rings. The standard InChI is InChI=1S/C19H26N4O3/c1-5-7-8-9-23-15-11-14-13(10-12(15)19(3,4)16(23)24)20-17(21-14)22-18(25)26-6-2/h10-11H,5-9H2,1-4H3,(H2,20,21,22,25). The number of carbonyl (C=O) groups is 2. The fraction of sp³-hybridized carbons (Fsp3) is 0.526. The molecule has 1 aliphatic rings. The van der Waals surface area contributed by atoms with Gasteiger partial charge in [-0.1, -0.05) is 19.8 Å². The predicted octanol–water partition coefficient (Wildman–Crippen LogP) is 3.95. The normalized spacial score (nSPS) is 15.4. The molecule has 0 saturated heterocycles.